The molecule has 82 valence electrons. The first-order chi connectivity index (χ1) is 7.55. The first kappa shape index (κ1) is 9.39. The van der Waals surface area contributed by atoms with Gasteiger partial charge in [-0.15, -0.1) is 0 Å². The quantitative estimate of drug-likeness (QED) is 0.744. The summed E-state index contributed by atoms with van der Waals surface area (Å²) in [6, 6.07) is 5.67. The number of nitrogens with one attached hydrogen (secondary N) is 1. The molecule has 0 bridgehead atoms. The lowest BCUT2D eigenvalue weighted by molar-refractivity contribution is -0.140. The van der Waals surface area contributed by atoms with E-state index in [2.05, 4.69) is 5.32 Å². The van der Waals surface area contributed by atoms with E-state index in [1.807, 2.05) is 25.1 Å². The van der Waals surface area contributed by atoms with Crippen LogP contribution in [0.15, 0.2) is 18.2 Å². The van der Waals surface area contributed by atoms with E-state index < -0.39 is 17.3 Å². The molecule has 0 aromatic heterocycles. The SMILES string of the molecule is Cc1ccc2c(c1)C1(CC1C(=O)O)C(=O)N2. The van der Waals surface area contributed by atoms with Crippen molar-refractivity contribution in [2.24, 2.45) is 5.92 Å². The summed E-state index contributed by atoms with van der Waals surface area (Å²) in [6.07, 6.45) is 0.421. The third kappa shape index (κ3) is 0.939. The van der Waals surface area contributed by atoms with Gasteiger partial charge in [0.1, 0.15) is 0 Å². The van der Waals surface area contributed by atoms with Crippen molar-refractivity contribution in [2.45, 2.75) is 18.8 Å². The van der Waals surface area contributed by atoms with Gasteiger partial charge in [0.05, 0.1) is 11.3 Å². The number of carbonyl (C=O) groups is 2. The Balaban J connectivity index is 2.14. The zero-order chi connectivity index (χ0) is 11.5. The van der Waals surface area contributed by atoms with Crippen LogP contribution in [0.3, 0.4) is 0 Å². The predicted molar refractivity (Wildman–Crippen MR) is 57.2 cm³/mol. The number of carbonyl (C=O) groups excluding carboxylic acids is 1. The molecule has 4 nitrogen and oxygen atoms in total. The zero-order valence-corrected chi connectivity index (χ0v) is 8.78. The highest BCUT2D eigenvalue weighted by molar-refractivity contribution is 6.12. The highest BCUT2D eigenvalue weighted by Crippen LogP contribution is 2.60. The van der Waals surface area contributed by atoms with Gasteiger partial charge in [-0.3, -0.25) is 9.59 Å². The number of carboxylic acid groups (broad SMARTS) is 1. The van der Waals surface area contributed by atoms with Gasteiger partial charge in [0.2, 0.25) is 5.91 Å². The minimum Gasteiger partial charge on any atom is -0.481 e. The predicted octanol–water partition coefficient (Wildman–Crippen LogP) is 1.29. The minimum absolute atomic E-state index is 0.166. The van der Waals surface area contributed by atoms with Gasteiger partial charge >= 0.3 is 5.97 Å². The monoisotopic (exact) mass is 217 g/mol. The molecule has 2 N–H and O–H groups in total. The molecular weight excluding hydrogens is 206 g/mol. The second-order valence-corrected chi connectivity index (χ2v) is 4.57. The largest absolute Gasteiger partial charge is 0.481 e. The van der Waals surface area contributed by atoms with Crippen LogP contribution in [0, 0.1) is 12.8 Å². The van der Waals surface area contributed by atoms with E-state index in [-0.39, 0.29) is 5.91 Å². The molecule has 1 aromatic carbocycles. The maximum atomic E-state index is 11.9. The van der Waals surface area contributed by atoms with Gasteiger partial charge in [0.15, 0.2) is 0 Å². The summed E-state index contributed by atoms with van der Waals surface area (Å²) in [4.78, 5) is 22.9. The van der Waals surface area contributed by atoms with Crippen molar-refractivity contribution in [3.63, 3.8) is 0 Å². The summed E-state index contributed by atoms with van der Waals surface area (Å²) in [6.45, 7) is 1.94. The Kier molecular flexibility index (Phi) is 1.55. The smallest absolute Gasteiger partial charge is 0.307 e. The van der Waals surface area contributed by atoms with Crippen molar-refractivity contribution < 1.29 is 14.7 Å². The van der Waals surface area contributed by atoms with Crippen molar-refractivity contribution in [3.05, 3.63) is 29.3 Å². The number of hydrogen-bond donors (Lipinski definition) is 2. The Morgan fingerprint density at radius 2 is 2.31 bits per heavy atom. The molecule has 2 aliphatic rings. The molecule has 1 heterocycles. The normalized spacial score (nSPS) is 30.1. The van der Waals surface area contributed by atoms with Crippen LogP contribution >= 0.6 is 0 Å². The van der Waals surface area contributed by atoms with Crippen LogP contribution in [0.4, 0.5) is 5.69 Å². The Morgan fingerprint density at radius 3 is 2.94 bits per heavy atom. The van der Waals surface area contributed by atoms with Crippen LogP contribution < -0.4 is 5.32 Å². The van der Waals surface area contributed by atoms with E-state index in [1.54, 1.807) is 0 Å². The number of anilines is 1. The van der Waals surface area contributed by atoms with E-state index >= 15 is 0 Å². The fourth-order valence-corrected chi connectivity index (χ4v) is 2.60. The topological polar surface area (TPSA) is 66.4 Å². The van der Waals surface area contributed by atoms with Crippen LogP contribution in [0.1, 0.15) is 17.5 Å². The van der Waals surface area contributed by atoms with Crippen LogP contribution in [-0.4, -0.2) is 17.0 Å². The summed E-state index contributed by atoms with van der Waals surface area (Å²) >= 11 is 0. The van der Waals surface area contributed by atoms with Gasteiger partial charge < -0.3 is 10.4 Å². The van der Waals surface area contributed by atoms with Gasteiger partial charge in [-0.25, -0.2) is 0 Å². The summed E-state index contributed by atoms with van der Waals surface area (Å²) < 4.78 is 0. The molecule has 0 saturated heterocycles. The molecule has 1 aromatic rings. The molecule has 16 heavy (non-hydrogen) atoms. The van der Waals surface area contributed by atoms with Crippen molar-refractivity contribution in [1.82, 2.24) is 0 Å². The van der Waals surface area contributed by atoms with Crippen LogP contribution in [0.5, 0.6) is 0 Å². The Labute approximate surface area is 92.3 Å². The number of fused-ring (bicyclic) bond motifs is 2. The van der Waals surface area contributed by atoms with Gasteiger partial charge in [-0.2, -0.15) is 0 Å². The first-order valence-corrected chi connectivity index (χ1v) is 5.21. The number of carboxylic acids is 1. The zero-order valence-electron chi connectivity index (χ0n) is 8.78. The van der Waals surface area contributed by atoms with E-state index in [9.17, 15) is 9.59 Å². The maximum Gasteiger partial charge on any atom is 0.307 e. The van der Waals surface area contributed by atoms with Gasteiger partial charge in [-0.05, 0) is 25.0 Å². The number of amides is 1. The summed E-state index contributed by atoms with van der Waals surface area (Å²) in [7, 11) is 0. The molecule has 1 aliphatic carbocycles. The van der Waals surface area contributed by atoms with E-state index in [1.165, 1.54) is 0 Å². The van der Waals surface area contributed by atoms with Crippen molar-refractivity contribution in [3.8, 4) is 0 Å². The number of benzene rings is 1. The van der Waals surface area contributed by atoms with Crippen molar-refractivity contribution >= 4 is 17.6 Å². The van der Waals surface area contributed by atoms with E-state index in [4.69, 9.17) is 5.11 Å². The molecule has 1 amide bonds. The molecule has 1 spiro atoms. The molecule has 2 atom stereocenters. The fourth-order valence-electron chi connectivity index (χ4n) is 2.60. The highest BCUT2D eigenvalue weighted by Gasteiger charge is 2.68. The summed E-state index contributed by atoms with van der Waals surface area (Å²) in [5, 5.41) is 11.8. The standard InChI is InChI=1S/C12H11NO3/c1-6-2-3-9-7(4-6)12(11(16)13-9)5-8(12)10(14)15/h2-4,8H,5H2,1H3,(H,13,16)(H,14,15). The molecule has 1 aliphatic heterocycles. The average Bonchev–Trinajstić information content (AvgIpc) is 2.91. The molecule has 0 radical (unpaired) electrons. The third-order valence-corrected chi connectivity index (χ3v) is 3.57. The lowest BCUT2D eigenvalue weighted by Crippen LogP contribution is -2.24. The number of aliphatic carboxylic acids is 1. The third-order valence-electron chi connectivity index (χ3n) is 3.57. The Morgan fingerprint density at radius 1 is 1.56 bits per heavy atom. The molecule has 2 unspecified atom stereocenters. The molecule has 1 saturated carbocycles. The van der Waals surface area contributed by atoms with Crippen LogP contribution in [-0.2, 0) is 15.0 Å². The van der Waals surface area contributed by atoms with Crippen LogP contribution in [0.2, 0.25) is 0 Å². The second-order valence-electron chi connectivity index (χ2n) is 4.57. The van der Waals surface area contributed by atoms with Gasteiger partial charge in [0, 0.05) is 5.69 Å². The van der Waals surface area contributed by atoms with Crippen molar-refractivity contribution in [2.75, 3.05) is 5.32 Å². The van der Waals surface area contributed by atoms with Crippen LogP contribution in [0.25, 0.3) is 0 Å². The lowest BCUT2D eigenvalue weighted by atomic mass is 9.93. The average molecular weight is 217 g/mol. The van der Waals surface area contributed by atoms with Gasteiger partial charge in [-0.1, -0.05) is 17.7 Å². The Bertz CT molecular complexity index is 523. The summed E-state index contributed by atoms with van der Waals surface area (Å²) in [5.41, 5.74) is 1.88. The molecule has 3 rings (SSSR count). The lowest BCUT2D eigenvalue weighted by Gasteiger charge is -2.06. The fraction of sp³-hybridized carbons (Fsp3) is 0.333. The van der Waals surface area contributed by atoms with E-state index in [0.29, 0.717) is 6.42 Å². The Hall–Kier alpha value is -1.84. The van der Waals surface area contributed by atoms with Crippen molar-refractivity contribution in [1.29, 1.82) is 0 Å². The highest BCUT2D eigenvalue weighted by atomic mass is 16.4. The number of hydrogen-bond acceptors (Lipinski definition) is 2. The first-order valence-electron chi connectivity index (χ1n) is 5.21. The molecule has 4 heteroatoms. The second kappa shape index (κ2) is 2.64. The molecular formula is C12H11NO3. The summed E-state index contributed by atoms with van der Waals surface area (Å²) in [5.74, 6) is -1.61. The van der Waals surface area contributed by atoms with E-state index in [0.717, 1.165) is 16.8 Å². The molecule has 1 fully saturated rings. The maximum absolute atomic E-state index is 11.9. The number of rotatable bonds is 1. The van der Waals surface area contributed by atoms with Gasteiger partial charge in [0.25, 0.3) is 0 Å². The minimum atomic E-state index is -0.885. The number of aryl methyl sites for hydroxylation is 1.